The van der Waals surface area contributed by atoms with Crippen molar-refractivity contribution in [2.45, 2.75) is 11.8 Å². The molecule has 0 saturated heterocycles. The second-order valence-corrected chi connectivity index (χ2v) is 6.08. The molecule has 0 spiro atoms. The van der Waals surface area contributed by atoms with Gasteiger partial charge in [0.05, 0.1) is 17.7 Å². The van der Waals surface area contributed by atoms with Gasteiger partial charge in [-0.15, -0.1) is 0 Å². The Kier molecular flexibility index (Phi) is 5.28. The van der Waals surface area contributed by atoms with Gasteiger partial charge in [-0.2, -0.15) is 13.5 Å². The molecule has 2 aromatic carbocycles. The highest BCUT2D eigenvalue weighted by atomic mass is 32.2. The lowest BCUT2D eigenvalue weighted by Crippen LogP contribution is -2.18. The molecule has 0 aromatic heterocycles. The topological polar surface area (TPSA) is 67.8 Å². The third kappa shape index (κ3) is 4.49. The average Bonchev–Trinajstić information content (AvgIpc) is 2.50. The van der Waals surface area contributed by atoms with Crippen molar-refractivity contribution in [3.8, 4) is 5.75 Å². The average molecular weight is 340 g/mol. The summed E-state index contributed by atoms with van der Waals surface area (Å²) in [6.45, 7) is 2.29. The molecule has 0 amide bonds. The standard InChI is InChI=1S/C15H14F2N2O3S/c1-2-22-13-5-7-14(8-6-13)23(20,21)19-18-10-11-3-4-12(16)9-15(11)17/h3-10,19H,2H2,1H3/b18-10-. The van der Waals surface area contributed by atoms with E-state index in [2.05, 4.69) is 5.10 Å². The number of sulfonamides is 1. The van der Waals surface area contributed by atoms with Crippen LogP contribution in [0.1, 0.15) is 12.5 Å². The number of nitrogens with one attached hydrogen (secondary N) is 1. The number of halogens is 2. The number of nitrogens with zero attached hydrogens (tertiary/aromatic N) is 1. The van der Waals surface area contributed by atoms with Gasteiger partial charge in [0.25, 0.3) is 10.0 Å². The minimum Gasteiger partial charge on any atom is -0.494 e. The van der Waals surface area contributed by atoms with Gasteiger partial charge in [0.15, 0.2) is 0 Å². The fourth-order valence-corrected chi connectivity index (χ4v) is 2.50. The summed E-state index contributed by atoms with van der Waals surface area (Å²) < 4.78 is 55.4. The van der Waals surface area contributed by atoms with E-state index in [1.165, 1.54) is 24.3 Å². The van der Waals surface area contributed by atoms with Crippen molar-refractivity contribution in [1.82, 2.24) is 4.83 Å². The third-order valence-electron chi connectivity index (χ3n) is 2.78. The molecular weight excluding hydrogens is 326 g/mol. The molecule has 0 heterocycles. The Morgan fingerprint density at radius 2 is 1.87 bits per heavy atom. The van der Waals surface area contributed by atoms with Crippen LogP contribution in [0.25, 0.3) is 0 Å². The van der Waals surface area contributed by atoms with Crippen molar-refractivity contribution >= 4 is 16.2 Å². The van der Waals surface area contributed by atoms with E-state index in [0.717, 1.165) is 18.3 Å². The Hall–Kier alpha value is -2.48. The van der Waals surface area contributed by atoms with Crippen LogP contribution in [-0.2, 0) is 10.0 Å². The van der Waals surface area contributed by atoms with Gasteiger partial charge < -0.3 is 4.74 Å². The normalized spacial score (nSPS) is 11.6. The molecule has 23 heavy (non-hydrogen) atoms. The number of benzene rings is 2. The number of hydrazone groups is 1. The highest BCUT2D eigenvalue weighted by Gasteiger charge is 2.12. The number of rotatable bonds is 6. The lowest BCUT2D eigenvalue weighted by atomic mass is 10.2. The van der Waals surface area contributed by atoms with Crippen LogP contribution in [0, 0.1) is 11.6 Å². The smallest absolute Gasteiger partial charge is 0.276 e. The van der Waals surface area contributed by atoms with Gasteiger partial charge in [-0.25, -0.2) is 13.6 Å². The Morgan fingerprint density at radius 1 is 1.17 bits per heavy atom. The fraction of sp³-hybridized carbons (Fsp3) is 0.133. The van der Waals surface area contributed by atoms with Crippen LogP contribution >= 0.6 is 0 Å². The monoisotopic (exact) mass is 340 g/mol. The summed E-state index contributed by atoms with van der Waals surface area (Å²) in [7, 11) is -3.88. The SMILES string of the molecule is CCOc1ccc(S(=O)(=O)N/N=C\c2ccc(F)cc2F)cc1. The maximum atomic E-state index is 13.4. The maximum absolute atomic E-state index is 13.4. The van der Waals surface area contributed by atoms with E-state index in [-0.39, 0.29) is 10.5 Å². The molecule has 0 radical (unpaired) electrons. The first-order chi connectivity index (χ1) is 10.9. The first-order valence-corrected chi connectivity index (χ1v) is 8.13. The zero-order chi connectivity index (χ0) is 16.9. The second-order valence-electron chi connectivity index (χ2n) is 4.42. The number of hydrogen-bond donors (Lipinski definition) is 1. The van der Waals surface area contributed by atoms with E-state index in [0.29, 0.717) is 18.4 Å². The molecule has 2 aromatic rings. The molecular formula is C15H14F2N2O3S. The summed E-state index contributed by atoms with van der Waals surface area (Å²) in [5.41, 5.74) is -0.0409. The molecule has 0 aliphatic rings. The lowest BCUT2D eigenvalue weighted by molar-refractivity contribution is 0.340. The zero-order valence-electron chi connectivity index (χ0n) is 12.2. The van der Waals surface area contributed by atoms with Crippen molar-refractivity contribution in [3.05, 3.63) is 59.7 Å². The predicted molar refractivity (Wildman–Crippen MR) is 81.9 cm³/mol. The highest BCUT2D eigenvalue weighted by molar-refractivity contribution is 7.89. The summed E-state index contributed by atoms with van der Waals surface area (Å²) >= 11 is 0. The quantitative estimate of drug-likeness (QED) is 0.649. The van der Waals surface area contributed by atoms with Crippen LogP contribution in [-0.4, -0.2) is 21.2 Å². The first-order valence-electron chi connectivity index (χ1n) is 6.65. The fourth-order valence-electron chi connectivity index (χ4n) is 1.71. The van der Waals surface area contributed by atoms with Crippen molar-refractivity contribution < 1.29 is 21.9 Å². The Morgan fingerprint density at radius 3 is 2.48 bits per heavy atom. The van der Waals surface area contributed by atoms with Gasteiger partial charge in [-0.3, -0.25) is 0 Å². The molecule has 0 aliphatic heterocycles. The van der Waals surface area contributed by atoms with Crippen LogP contribution in [0.3, 0.4) is 0 Å². The predicted octanol–water partition coefficient (Wildman–Crippen LogP) is 2.68. The van der Waals surface area contributed by atoms with Gasteiger partial charge >= 0.3 is 0 Å². The number of hydrogen-bond acceptors (Lipinski definition) is 4. The van der Waals surface area contributed by atoms with Crippen molar-refractivity contribution in [3.63, 3.8) is 0 Å². The summed E-state index contributed by atoms with van der Waals surface area (Å²) in [5, 5.41) is 3.48. The summed E-state index contributed by atoms with van der Waals surface area (Å²) in [6.07, 6.45) is 0.959. The molecule has 122 valence electrons. The summed E-state index contributed by atoms with van der Waals surface area (Å²) in [4.78, 5) is 1.94. The molecule has 8 heteroatoms. The molecule has 1 N–H and O–H groups in total. The molecule has 0 bridgehead atoms. The van der Waals surface area contributed by atoms with Crippen molar-refractivity contribution in [1.29, 1.82) is 0 Å². The zero-order valence-corrected chi connectivity index (χ0v) is 13.0. The third-order valence-corrected chi connectivity index (χ3v) is 4.02. The maximum Gasteiger partial charge on any atom is 0.276 e. The molecule has 2 rings (SSSR count). The van der Waals surface area contributed by atoms with Gasteiger partial charge in [-0.05, 0) is 43.3 Å². The molecule has 5 nitrogen and oxygen atoms in total. The van der Waals surface area contributed by atoms with Crippen LogP contribution < -0.4 is 9.57 Å². The molecule has 0 unspecified atom stereocenters. The van der Waals surface area contributed by atoms with E-state index in [1.807, 2.05) is 11.8 Å². The van der Waals surface area contributed by atoms with Crippen LogP contribution in [0.5, 0.6) is 5.75 Å². The summed E-state index contributed by atoms with van der Waals surface area (Å²) in [5.74, 6) is -1.02. The van der Waals surface area contributed by atoms with Crippen LogP contribution in [0.15, 0.2) is 52.5 Å². The van der Waals surface area contributed by atoms with Gasteiger partial charge in [0.2, 0.25) is 0 Å². The molecule has 0 atom stereocenters. The van der Waals surface area contributed by atoms with Crippen LogP contribution in [0.4, 0.5) is 8.78 Å². The Bertz CT molecular complexity index is 806. The largest absolute Gasteiger partial charge is 0.494 e. The lowest BCUT2D eigenvalue weighted by Gasteiger charge is -2.05. The first kappa shape index (κ1) is 16.9. The van der Waals surface area contributed by atoms with Crippen LogP contribution in [0.2, 0.25) is 0 Å². The van der Waals surface area contributed by atoms with E-state index >= 15 is 0 Å². The Labute approximate surface area is 132 Å². The van der Waals surface area contributed by atoms with Gasteiger partial charge in [0.1, 0.15) is 17.4 Å². The van der Waals surface area contributed by atoms with Gasteiger partial charge in [-0.1, -0.05) is 0 Å². The van der Waals surface area contributed by atoms with Crippen molar-refractivity contribution in [2.75, 3.05) is 6.61 Å². The van der Waals surface area contributed by atoms with Gasteiger partial charge in [0, 0.05) is 11.6 Å². The Balaban J connectivity index is 2.10. The van der Waals surface area contributed by atoms with E-state index in [1.54, 1.807) is 0 Å². The van der Waals surface area contributed by atoms with E-state index in [9.17, 15) is 17.2 Å². The van der Waals surface area contributed by atoms with E-state index in [4.69, 9.17) is 4.74 Å². The molecule has 0 fully saturated rings. The second kappa shape index (κ2) is 7.19. The molecule has 0 saturated carbocycles. The minimum atomic E-state index is -3.88. The summed E-state index contributed by atoms with van der Waals surface area (Å²) in [6, 6.07) is 8.64. The molecule has 0 aliphatic carbocycles. The highest BCUT2D eigenvalue weighted by Crippen LogP contribution is 2.15. The van der Waals surface area contributed by atoms with Crippen molar-refractivity contribution in [2.24, 2.45) is 5.10 Å². The number of ether oxygens (including phenoxy) is 1. The van der Waals surface area contributed by atoms with E-state index < -0.39 is 21.7 Å². The minimum absolute atomic E-state index is 0.0160.